The second-order valence-electron chi connectivity index (χ2n) is 11.0. The quantitative estimate of drug-likeness (QED) is 0.265. The number of aromatic nitrogens is 2. The first-order valence-corrected chi connectivity index (χ1v) is 14.4. The summed E-state index contributed by atoms with van der Waals surface area (Å²) < 4.78 is 43.4. The molecular formula is C33H33F2N5O2. The monoisotopic (exact) mass is 569 g/mol. The molecule has 0 unspecified atom stereocenters. The summed E-state index contributed by atoms with van der Waals surface area (Å²) in [6.07, 6.45) is 2.02. The second-order valence-corrected chi connectivity index (χ2v) is 11.0. The largest absolute Gasteiger partial charge is 0.378 e. The van der Waals surface area contributed by atoms with Gasteiger partial charge in [-0.25, -0.2) is 13.8 Å². The Bertz CT molecular complexity index is 1790. The Morgan fingerprint density at radius 2 is 1.57 bits per heavy atom. The molecule has 0 spiro atoms. The van der Waals surface area contributed by atoms with Crippen LogP contribution in [0.4, 0.5) is 31.5 Å². The van der Waals surface area contributed by atoms with Gasteiger partial charge in [-0.1, -0.05) is 6.07 Å². The van der Waals surface area contributed by atoms with Gasteiger partial charge >= 0.3 is 0 Å². The Hall–Kier alpha value is -4.21. The summed E-state index contributed by atoms with van der Waals surface area (Å²) >= 11 is 0. The minimum atomic E-state index is -0.657. The predicted octanol–water partition coefficient (Wildman–Crippen LogP) is 6.40. The molecule has 7 rings (SSSR count). The van der Waals surface area contributed by atoms with Gasteiger partial charge in [-0.2, -0.15) is 0 Å². The maximum Gasteiger partial charge on any atom is 0.137 e. The van der Waals surface area contributed by atoms with Crippen molar-refractivity contribution in [1.82, 2.24) is 9.55 Å². The lowest BCUT2D eigenvalue weighted by Gasteiger charge is -2.33. The lowest BCUT2D eigenvalue weighted by Crippen LogP contribution is -2.37. The van der Waals surface area contributed by atoms with Crippen molar-refractivity contribution in [1.29, 1.82) is 0 Å². The van der Waals surface area contributed by atoms with Crippen molar-refractivity contribution in [2.24, 2.45) is 7.05 Å². The van der Waals surface area contributed by atoms with Crippen molar-refractivity contribution in [2.45, 2.75) is 6.92 Å². The molecule has 2 aromatic heterocycles. The van der Waals surface area contributed by atoms with Crippen LogP contribution in [0, 0.1) is 18.6 Å². The van der Waals surface area contributed by atoms with E-state index in [0.29, 0.717) is 37.8 Å². The summed E-state index contributed by atoms with van der Waals surface area (Å²) in [6, 6.07) is 16.8. The van der Waals surface area contributed by atoms with Crippen LogP contribution >= 0.6 is 0 Å². The number of hydrogen-bond donors (Lipinski definition) is 1. The number of anilines is 4. The topological polar surface area (TPSA) is 54.8 Å². The van der Waals surface area contributed by atoms with Crippen molar-refractivity contribution >= 4 is 44.6 Å². The Morgan fingerprint density at radius 3 is 2.33 bits per heavy atom. The molecule has 0 aliphatic carbocycles. The standard InChI is InChI=1S/C33H33F2N5O2/c1-21-32(23-3-5-29-22(17-23)7-8-38(29)2)37-28-19-24(34)18-26(35)31(28)33(21)36-27-20-25(39-9-13-41-14-10-39)4-6-30(27)40-11-15-42-16-12-40/h3-8,17-20H,9-16H2,1-2H3,(H,36,37). The minimum absolute atomic E-state index is 0.265. The number of halogens is 2. The molecule has 0 amide bonds. The number of nitrogens with one attached hydrogen (secondary N) is 1. The summed E-state index contributed by atoms with van der Waals surface area (Å²) in [5.41, 5.74) is 7.22. The Morgan fingerprint density at radius 1 is 0.833 bits per heavy atom. The van der Waals surface area contributed by atoms with Crippen LogP contribution in [-0.2, 0) is 16.5 Å². The van der Waals surface area contributed by atoms with Crippen LogP contribution in [0.15, 0.2) is 60.8 Å². The van der Waals surface area contributed by atoms with Gasteiger partial charge in [-0.3, -0.25) is 0 Å². The van der Waals surface area contributed by atoms with E-state index in [1.807, 2.05) is 26.2 Å². The van der Waals surface area contributed by atoms with Gasteiger partial charge in [0.25, 0.3) is 0 Å². The Balaban J connectivity index is 1.40. The molecule has 4 heterocycles. The van der Waals surface area contributed by atoms with Crippen molar-refractivity contribution in [2.75, 3.05) is 67.7 Å². The summed E-state index contributed by atoms with van der Waals surface area (Å²) in [4.78, 5) is 9.39. The highest BCUT2D eigenvalue weighted by atomic mass is 19.1. The zero-order valence-corrected chi connectivity index (χ0v) is 23.8. The van der Waals surface area contributed by atoms with E-state index >= 15 is 4.39 Å². The predicted molar refractivity (Wildman–Crippen MR) is 164 cm³/mol. The van der Waals surface area contributed by atoms with E-state index in [9.17, 15) is 4.39 Å². The van der Waals surface area contributed by atoms with E-state index in [2.05, 4.69) is 56.1 Å². The fourth-order valence-corrected chi connectivity index (χ4v) is 6.13. The molecule has 2 saturated heterocycles. The average Bonchev–Trinajstić information content (AvgIpc) is 3.38. The molecule has 2 aliphatic rings. The zero-order chi connectivity index (χ0) is 28.8. The molecule has 7 nitrogen and oxygen atoms in total. The van der Waals surface area contributed by atoms with E-state index in [4.69, 9.17) is 14.5 Å². The highest BCUT2D eigenvalue weighted by Gasteiger charge is 2.22. The third-order valence-corrected chi connectivity index (χ3v) is 8.37. The second kappa shape index (κ2) is 10.9. The molecule has 216 valence electrons. The summed E-state index contributed by atoms with van der Waals surface area (Å²) in [6.45, 7) is 7.68. The van der Waals surface area contributed by atoms with Crippen LogP contribution in [0.2, 0.25) is 0 Å². The van der Waals surface area contributed by atoms with E-state index < -0.39 is 11.6 Å². The summed E-state index contributed by atoms with van der Waals surface area (Å²) in [7, 11) is 2.01. The van der Waals surface area contributed by atoms with Crippen LogP contribution in [-0.4, -0.2) is 62.2 Å². The van der Waals surface area contributed by atoms with Crippen molar-refractivity contribution in [3.63, 3.8) is 0 Å². The van der Waals surface area contributed by atoms with Gasteiger partial charge in [-0.05, 0) is 48.9 Å². The molecule has 9 heteroatoms. The van der Waals surface area contributed by atoms with Gasteiger partial charge in [0.1, 0.15) is 11.6 Å². The first kappa shape index (κ1) is 26.7. The lowest BCUT2D eigenvalue weighted by atomic mass is 10.00. The molecule has 42 heavy (non-hydrogen) atoms. The number of nitrogens with zero attached hydrogens (tertiary/aromatic N) is 4. The fourth-order valence-electron chi connectivity index (χ4n) is 6.13. The third-order valence-electron chi connectivity index (χ3n) is 8.37. The van der Waals surface area contributed by atoms with Crippen LogP contribution in [0.1, 0.15) is 5.56 Å². The maximum atomic E-state index is 15.6. The fraction of sp³-hybridized carbons (Fsp3) is 0.303. The highest BCUT2D eigenvalue weighted by Crippen LogP contribution is 2.41. The Labute approximate surface area is 243 Å². The first-order chi connectivity index (χ1) is 20.5. The van der Waals surface area contributed by atoms with Crippen molar-refractivity contribution in [3.05, 3.63) is 78.0 Å². The molecule has 2 aliphatic heterocycles. The molecule has 0 bridgehead atoms. The molecule has 0 atom stereocenters. The van der Waals surface area contributed by atoms with Gasteiger partial charge in [0, 0.05) is 73.7 Å². The zero-order valence-electron chi connectivity index (χ0n) is 23.8. The van der Waals surface area contributed by atoms with Crippen molar-refractivity contribution < 1.29 is 18.3 Å². The average molecular weight is 570 g/mol. The normalized spacial score (nSPS) is 16.0. The smallest absolute Gasteiger partial charge is 0.137 e. The van der Waals surface area contributed by atoms with Crippen LogP contribution in [0.25, 0.3) is 33.1 Å². The van der Waals surface area contributed by atoms with Gasteiger partial charge in [-0.15, -0.1) is 0 Å². The molecule has 3 aromatic carbocycles. The number of fused-ring (bicyclic) bond motifs is 2. The lowest BCUT2D eigenvalue weighted by molar-refractivity contribution is 0.122. The van der Waals surface area contributed by atoms with E-state index in [1.54, 1.807) is 0 Å². The molecule has 5 aromatic rings. The number of benzene rings is 3. The van der Waals surface area contributed by atoms with Gasteiger partial charge in [0.15, 0.2) is 0 Å². The number of morpholine rings is 2. The van der Waals surface area contributed by atoms with Crippen LogP contribution in [0.5, 0.6) is 0 Å². The minimum Gasteiger partial charge on any atom is -0.378 e. The SMILES string of the molecule is Cc1c(-c2ccc3c(ccn3C)c2)nc2cc(F)cc(F)c2c1Nc1cc(N2CCOCC2)ccc1N1CCOCC1. The molecule has 0 radical (unpaired) electrons. The van der Waals surface area contributed by atoms with Gasteiger partial charge in [0.05, 0.1) is 60.1 Å². The van der Waals surface area contributed by atoms with Crippen LogP contribution in [0.3, 0.4) is 0 Å². The van der Waals surface area contributed by atoms with Gasteiger partial charge < -0.3 is 29.2 Å². The highest BCUT2D eigenvalue weighted by molar-refractivity contribution is 6.00. The first-order valence-electron chi connectivity index (χ1n) is 14.4. The number of rotatable bonds is 5. The van der Waals surface area contributed by atoms with Crippen LogP contribution < -0.4 is 15.1 Å². The summed E-state index contributed by atoms with van der Waals surface area (Å²) in [5.74, 6) is -1.31. The van der Waals surface area contributed by atoms with E-state index in [-0.39, 0.29) is 10.9 Å². The number of pyridine rings is 1. The maximum absolute atomic E-state index is 15.6. The molecule has 0 saturated carbocycles. The summed E-state index contributed by atoms with van der Waals surface area (Å²) in [5, 5.41) is 4.97. The van der Waals surface area contributed by atoms with Gasteiger partial charge in [0.2, 0.25) is 0 Å². The third kappa shape index (κ3) is 4.82. The number of ether oxygens (including phenoxy) is 2. The molecule has 2 fully saturated rings. The molecule has 1 N–H and O–H groups in total. The van der Waals surface area contributed by atoms with E-state index in [1.165, 1.54) is 6.07 Å². The number of hydrogen-bond acceptors (Lipinski definition) is 6. The van der Waals surface area contributed by atoms with E-state index in [0.717, 1.165) is 71.3 Å². The molecular weight excluding hydrogens is 536 g/mol. The van der Waals surface area contributed by atoms with Crippen molar-refractivity contribution in [3.8, 4) is 11.3 Å². The number of aryl methyl sites for hydroxylation is 1. The Kier molecular flexibility index (Phi) is 6.91.